The largest absolute Gasteiger partial charge is 0.265 e. The standard InChI is InChI=1S/C12H12N2S/c1-5-13-6-2-11(1)9-15-10-12-3-7-14-8-4-12/h1-8H,9-10H2. The second-order valence-corrected chi connectivity index (χ2v) is 4.19. The molecule has 2 aromatic rings. The van der Waals surface area contributed by atoms with Crippen molar-refractivity contribution < 1.29 is 0 Å². The second kappa shape index (κ2) is 5.51. The first-order valence-electron chi connectivity index (χ1n) is 4.81. The van der Waals surface area contributed by atoms with Crippen LogP contribution in [0.3, 0.4) is 0 Å². The van der Waals surface area contributed by atoms with Gasteiger partial charge in [0.25, 0.3) is 0 Å². The molecule has 0 saturated carbocycles. The smallest absolute Gasteiger partial charge is 0.0270 e. The summed E-state index contributed by atoms with van der Waals surface area (Å²) in [6.07, 6.45) is 7.34. The minimum absolute atomic E-state index is 1.03. The van der Waals surface area contributed by atoms with Crippen LogP contribution in [0.4, 0.5) is 0 Å². The van der Waals surface area contributed by atoms with Crippen molar-refractivity contribution in [3.8, 4) is 0 Å². The molecule has 2 nitrogen and oxygen atoms in total. The van der Waals surface area contributed by atoms with Crippen LogP contribution in [0.5, 0.6) is 0 Å². The number of hydrogen-bond acceptors (Lipinski definition) is 3. The van der Waals surface area contributed by atoms with Gasteiger partial charge in [0.15, 0.2) is 0 Å². The van der Waals surface area contributed by atoms with Crippen LogP contribution >= 0.6 is 11.8 Å². The Kier molecular flexibility index (Phi) is 3.74. The second-order valence-electron chi connectivity index (χ2n) is 3.20. The highest BCUT2D eigenvalue weighted by atomic mass is 32.2. The third-order valence-electron chi connectivity index (χ3n) is 2.04. The lowest BCUT2D eigenvalue weighted by Crippen LogP contribution is -1.84. The van der Waals surface area contributed by atoms with Crippen LogP contribution in [-0.2, 0) is 11.5 Å². The van der Waals surface area contributed by atoms with Crippen molar-refractivity contribution in [2.45, 2.75) is 11.5 Å². The molecule has 0 saturated heterocycles. The van der Waals surface area contributed by atoms with Gasteiger partial charge in [-0.1, -0.05) is 0 Å². The van der Waals surface area contributed by atoms with Crippen LogP contribution in [0.2, 0.25) is 0 Å². The first kappa shape index (κ1) is 10.2. The van der Waals surface area contributed by atoms with E-state index >= 15 is 0 Å². The minimum atomic E-state index is 1.03. The Hall–Kier alpha value is -1.35. The van der Waals surface area contributed by atoms with E-state index in [2.05, 4.69) is 34.2 Å². The lowest BCUT2D eigenvalue weighted by Gasteiger charge is -2.01. The summed E-state index contributed by atoms with van der Waals surface area (Å²) in [5.41, 5.74) is 2.65. The molecule has 0 amide bonds. The Balaban J connectivity index is 1.81. The van der Waals surface area contributed by atoms with Crippen LogP contribution in [-0.4, -0.2) is 9.97 Å². The molecule has 0 bridgehead atoms. The third kappa shape index (κ3) is 3.36. The molecule has 0 aromatic carbocycles. The Morgan fingerprint density at radius 2 is 1.13 bits per heavy atom. The summed E-state index contributed by atoms with van der Waals surface area (Å²) in [6, 6.07) is 8.22. The van der Waals surface area contributed by atoms with Gasteiger partial charge in [0.1, 0.15) is 0 Å². The van der Waals surface area contributed by atoms with Gasteiger partial charge < -0.3 is 0 Å². The quantitative estimate of drug-likeness (QED) is 0.786. The average molecular weight is 216 g/mol. The summed E-state index contributed by atoms with van der Waals surface area (Å²) in [6.45, 7) is 0. The van der Waals surface area contributed by atoms with E-state index in [1.807, 2.05) is 36.5 Å². The molecular formula is C12H12N2S. The minimum Gasteiger partial charge on any atom is -0.265 e. The molecule has 3 heteroatoms. The summed E-state index contributed by atoms with van der Waals surface area (Å²) in [4.78, 5) is 7.99. The van der Waals surface area contributed by atoms with E-state index in [-0.39, 0.29) is 0 Å². The van der Waals surface area contributed by atoms with Gasteiger partial charge in [-0.15, -0.1) is 0 Å². The summed E-state index contributed by atoms with van der Waals surface area (Å²) >= 11 is 1.90. The zero-order chi connectivity index (χ0) is 10.3. The first-order chi connectivity index (χ1) is 7.45. The fourth-order valence-electron chi connectivity index (χ4n) is 1.24. The molecule has 0 unspecified atom stereocenters. The van der Waals surface area contributed by atoms with Gasteiger partial charge in [-0.25, -0.2) is 0 Å². The number of thioether (sulfide) groups is 1. The topological polar surface area (TPSA) is 25.8 Å². The molecule has 0 N–H and O–H groups in total. The van der Waals surface area contributed by atoms with Crippen molar-refractivity contribution in [3.63, 3.8) is 0 Å². The van der Waals surface area contributed by atoms with Crippen molar-refractivity contribution in [3.05, 3.63) is 60.2 Å². The highest BCUT2D eigenvalue weighted by molar-refractivity contribution is 7.97. The normalized spacial score (nSPS) is 10.1. The highest BCUT2D eigenvalue weighted by Crippen LogP contribution is 2.16. The predicted octanol–water partition coefficient (Wildman–Crippen LogP) is 2.91. The number of aromatic nitrogens is 2. The van der Waals surface area contributed by atoms with E-state index in [9.17, 15) is 0 Å². The molecule has 0 aliphatic rings. The molecule has 0 atom stereocenters. The van der Waals surface area contributed by atoms with Gasteiger partial charge in [0.05, 0.1) is 0 Å². The van der Waals surface area contributed by atoms with Crippen molar-refractivity contribution >= 4 is 11.8 Å². The predicted molar refractivity (Wildman–Crippen MR) is 63.5 cm³/mol. The molecule has 76 valence electrons. The fourth-order valence-corrected chi connectivity index (χ4v) is 2.20. The number of pyridine rings is 2. The van der Waals surface area contributed by atoms with Crippen LogP contribution in [0.15, 0.2) is 49.1 Å². The molecule has 15 heavy (non-hydrogen) atoms. The van der Waals surface area contributed by atoms with Crippen molar-refractivity contribution in [2.75, 3.05) is 0 Å². The van der Waals surface area contributed by atoms with Crippen molar-refractivity contribution in [1.29, 1.82) is 0 Å². The van der Waals surface area contributed by atoms with Crippen LogP contribution in [0.25, 0.3) is 0 Å². The van der Waals surface area contributed by atoms with Gasteiger partial charge in [-0.05, 0) is 35.4 Å². The van der Waals surface area contributed by atoms with Gasteiger partial charge in [0.2, 0.25) is 0 Å². The van der Waals surface area contributed by atoms with Gasteiger partial charge in [0, 0.05) is 36.3 Å². The average Bonchev–Trinajstić information content (AvgIpc) is 2.32. The summed E-state index contributed by atoms with van der Waals surface area (Å²) < 4.78 is 0. The Bertz CT molecular complexity index is 349. The molecule has 0 aliphatic carbocycles. The third-order valence-corrected chi connectivity index (χ3v) is 3.11. The van der Waals surface area contributed by atoms with E-state index in [0.717, 1.165) is 11.5 Å². The molecule has 2 aromatic heterocycles. The molecular weight excluding hydrogens is 204 g/mol. The van der Waals surface area contributed by atoms with E-state index < -0.39 is 0 Å². The van der Waals surface area contributed by atoms with E-state index in [4.69, 9.17) is 0 Å². The van der Waals surface area contributed by atoms with Crippen LogP contribution in [0.1, 0.15) is 11.1 Å². The van der Waals surface area contributed by atoms with Crippen LogP contribution in [0, 0.1) is 0 Å². The fraction of sp³-hybridized carbons (Fsp3) is 0.167. The zero-order valence-electron chi connectivity index (χ0n) is 8.34. The van der Waals surface area contributed by atoms with Crippen molar-refractivity contribution in [1.82, 2.24) is 9.97 Å². The van der Waals surface area contributed by atoms with Gasteiger partial charge >= 0.3 is 0 Å². The maximum absolute atomic E-state index is 3.99. The maximum atomic E-state index is 3.99. The first-order valence-corrected chi connectivity index (χ1v) is 5.96. The van der Waals surface area contributed by atoms with E-state index in [1.54, 1.807) is 0 Å². The monoisotopic (exact) mass is 216 g/mol. The van der Waals surface area contributed by atoms with Crippen molar-refractivity contribution in [2.24, 2.45) is 0 Å². The van der Waals surface area contributed by atoms with E-state index in [0.29, 0.717) is 0 Å². The Labute approximate surface area is 93.8 Å². The molecule has 0 aliphatic heterocycles. The van der Waals surface area contributed by atoms with Gasteiger partial charge in [-0.2, -0.15) is 11.8 Å². The summed E-state index contributed by atoms with van der Waals surface area (Å²) in [5, 5.41) is 0. The summed E-state index contributed by atoms with van der Waals surface area (Å²) in [5.74, 6) is 2.07. The molecule has 2 heterocycles. The Morgan fingerprint density at radius 3 is 1.53 bits per heavy atom. The zero-order valence-corrected chi connectivity index (χ0v) is 9.15. The lowest BCUT2D eigenvalue weighted by molar-refractivity contribution is 1.25. The van der Waals surface area contributed by atoms with Gasteiger partial charge in [-0.3, -0.25) is 9.97 Å². The SMILES string of the molecule is c1cc(CSCc2ccncc2)ccn1. The summed E-state index contributed by atoms with van der Waals surface area (Å²) in [7, 11) is 0. The highest BCUT2D eigenvalue weighted by Gasteiger charge is 1.94. The maximum Gasteiger partial charge on any atom is 0.0270 e. The number of hydrogen-bond donors (Lipinski definition) is 0. The van der Waals surface area contributed by atoms with Crippen LogP contribution < -0.4 is 0 Å². The lowest BCUT2D eigenvalue weighted by atomic mass is 10.3. The molecule has 0 spiro atoms. The van der Waals surface area contributed by atoms with E-state index in [1.165, 1.54) is 11.1 Å². The number of nitrogens with zero attached hydrogens (tertiary/aromatic N) is 2. The Morgan fingerprint density at radius 1 is 0.733 bits per heavy atom. The molecule has 0 radical (unpaired) electrons. The number of rotatable bonds is 4. The molecule has 2 rings (SSSR count). The molecule has 0 fully saturated rings.